The second-order valence-corrected chi connectivity index (χ2v) is 4.82. The monoisotopic (exact) mass is 225 g/mol. The van der Waals surface area contributed by atoms with Crippen LogP contribution >= 0.6 is 11.6 Å². The molecular formula is C11H16ClN3. The van der Waals surface area contributed by atoms with Crippen molar-refractivity contribution in [2.24, 2.45) is 0 Å². The van der Waals surface area contributed by atoms with Crippen molar-refractivity contribution in [2.45, 2.75) is 44.7 Å². The van der Waals surface area contributed by atoms with Gasteiger partial charge in [-0.2, -0.15) is 0 Å². The standard InChI is InChI=1S/C11H16ClN3/c12-11-10(8-4-3-6-13-8)15-7-2-1-5-9(15)14-11/h8,13H,1-7H2. The zero-order valence-electron chi connectivity index (χ0n) is 8.80. The van der Waals surface area contributed by atoms with E-state index in [-0.39, 0.29) is 0 Å². The molecule has 1 saturated heterocycles. The summed E-state index contributed by atoms with van der Waals surface area (Å²) in [4.78, 5) is 4.48. The molecule has 82 valence electrons. The van der Waals surface area contributed by atoms with E-state index in [0.717, 1.165) is 24.7 Å². The zero-order chi connectivity index (χ0) is 10.3. The van der Waals surface area contributed by atoms with Crippen LogP contribution in [0.4, 0.5) is 0 Å². The minimum atomic E-state index is 0.442. The van der Waals surface area contributed by atoms with E-state index >= 15 is 0 Å². The molecule has 1 aromatic rings. The van der Waals surface area contributed by atoms with Gasteiger partial charge >= 0.3 is 0 Å². The predicted molar refractivity (Wildman–Crippen MR) is 60.2 cm³/mol. The van der Waals surface area contributed by atoms with Gasteiger partial charge in [0.25, 0.3) is 0 Å². The lowest BCUT2D eigenvalue weighted by atomic mass is 10.1. The van der Waals surface area contributed by atoms with E-state index in [1.54, 1.807) is 0 Å². The van der Waals surface area contributed by atoms with Crippen LogP contribution in [0.1, 0.15) is 43.2 Å². The van der Waals surface area contributed by atoms with Crippen LogP contribution in [0.5, 0.6) is 0 Å². The molecule has 2 aliphatic rings. The summed E-state index contributed by atoms with van der Waals surface area (Å²) in [6, 6.07) is 0.442. The Bertz CT molecular complexity index is 366. The van der Waals surface area contributed by atoms with Gasteiger partial charge in [-0.15, -0.1) is 0 Å². The largest absolute Gasteiger partial charge is 0.329 e. The molecule has 0 aromatic carbocycles. The number of halogens is 1. The molecule has 15 heavy (non-hydrogen) atoms. The quantitative estimate of drug-likeness (QED) is 0.795. The van der Waals surface area contributed by atoms with Crippen molar-refractivity contribution < 1.29 is 0 Å². The van der Waals surface area contributed by atoms with Crippen LogP contribution in [0.25, 0.3) is 0 Å². The topological polar surface area (TPSA) is 29.9 Å². The average molecular weight is 226 g/mol. The Morgan fingerprint density at radius 2 is 2.27 bits per heavy atom. The molecule has 1 aromatic heterocycles. The highest BCUT2D eigenvalue weighted by molar-refractivity contribution is 6.30. The maximum Gasteiger partial charge on any atom is 0.152 e. The molecule has 1 fully saturated rings. The lowest BCUT2D eigenvalue weighted by molar-refractivity contribution is 0.482. The number of fused-ring (bicyclic) bond motifs is 1. The van der Waals surface area contributed by atoms with Crippen molar-refractivity contribution >= 4 is 11.6 Å². The molecule has 2 aliphatic heterocycles. The summed E-state index contributed by atoms with van der Waals surface area (Å²) in [5, 5.41) is 4.23. The average Bonchev–Trinajstić information content (AvgIpc) is 2.82. The Balaban J connectivity index is 2.01. The fourth-order valence-corrected chi connectivity index (χ4v) is 3.06. The van der Waals surface area contributed by atoms with Crippen molar-refractivity contribution in [3.8, 4) is 0 Å². The number of rotatable bonds is 1. The summed E-state index contributed by atoms with van der Waals surface area (Å²) in [7, 11) is 0. The van der Waals surface area contributed by atoms with Crippen LogP contribution in [0.15, 0.2) is 0 Å². The van der Waals surface area contributed by atoms with Crippen molar-refractivity contribution in [3.05, 3.63) is 16.7 Å². The number of nitrogens with zero attached hydrogens (tertiary/aromatic N) is 2. The van der Waals surface area contributed by atoms with Gasteiger partial charge in [0.05, 0.1) is 11.7 Å². The Morgan fingerprint density at radius 1 is 1.33 bits per heavy atom. The number of hydrogen-bond donors (Lipinski definition) is 1. The first-order chi connectivity index (χ1) is 7.36. The maximum atomic E-state index is 6.24. The van der Waals surface area contributed by atoms with E-state index in [9.17, 15) is 0 Å². The Kier molecular flexibility index (Phi) is 2.45. The molecule has 0 radical (unpaired) electrons. The highest BCUT2D eigenvalue weighted by atomic mass is 35.5. The molecule has 1 unspecified atom stereocenters. The molecule has 0 spiro atoms. The molecule has 1 N–H and O–H groups in total. The highest BCUT2D eigenvalue weighted by Gasteiger charge is 2.26. The third kappa shape index (κ3) is 1.58. The smallest absolute Gasteiger partial charge is 0.152 e. The van der Waals surface area contributed by atoms with E-state index in [2.05, 4.69) is 14.9 Å². The number of aromatic nitrogens is 2. The molecule has 0 bridgehead atoms. The Morgan fingerprint density at radius 3 is 3.07 bits per heavy atom. The van der Waals surface area contributed by atoms with Crippen LogP contribution < -0.4 is 5.32 Å². The van der Waals surface area contributed by atoms with E-state index in [0.29, 0.717) is 6.04 Å². The third-order valence-corrected chi connectivity index (χ3v) is 3.74. The van der Waals surface area contributed by atoms with Crippen molar-refractivity contribution in [1.82, 2.24) is 14.9 Å². The van der Waals surface area contributed by atoms with Gasteiger partial charge in [-0.1, -0.05) is 11.6 Å². The van der Waals surface area contributed by atoms with Gasteiger partial charge < -0.3 is 9.88 Å². The molecule has 0 saturated carbocycles. The second kappa shape index (κ2) is 3.80. The minimum Gasteiger partial charge on any atom is -0.329 e. The molecule has 0 amide bonds. The SMILES string of the molecule is Clc1nc2n(c1C1CCCN1)CCCC2. The lowest BCUT2D eigenvalue weighted by Gasteiger charge is -2.19. The van der Waals surface area contributed by atoms with E-state index in [1.807, 2.05) is 0 Å². The number of hydrogen-bond acceptors (Lipinski definition) is 2. The van der Waals surface area contributed by atoms with Gasteiger partial charge in [0.2, 0.25) is 0 Å². The minimum absolute atomic E-state index is 0.442. The molecule has 3 heterocycles. The molecule has 1 atom stereocenters. The van der Waals surface area contributed by atoms with Gasteiger partial charge in [-0.05, 0) is 32.2 Å². The van der Waals surface area contributed by atoms with E-state index in [4.69, 9.17) is 11.6 Å². The zero-order valence-corrected chi connectivity index (χ0v) is 9.56. The summed E-state index contributed by atoms with van der Waals surface area (Å²) in [6.07, 6.45) is 6.06. The van der Waals surface area contributed by atoms with Crippen LogP contribution in [0, 0.1) is 0 Å². The fourth-order valence-electron chi connectivity index (χ4n) is 2.72. The predicted octanol–water partition coefficient (Wildman–Crippen LogP) is 2.30. The van der Waals surface area contributed by atoms with Gasteiger partial charge in [0.1, 0.15) is 5.82 Å². The van der Waals surface area contributed by atoms with E-state index in [1.165, 1.54) is 37.2 Å². The summed E-state index contributed by atoms with van der Waals surface area (Å²) in [5.41, 5.74) is 1.24. The fraction of sp³-hybridized carbons (Fsp3) is 0.727. The van der Waals surface area contributed by atoms with Gasteiger partial charge in [0, 0.05) is 13.0 Å². The normalized spacial score (nSPS) is 25.5. The first-order valence-corrected chi connectivity index (χ1v) is 6.22. The summed E-state index contributed by atoms with van der Waals surface area (Å²) >= 11 is 6.24. The van der Waals surface area contributed by atoms with Crippen molar-refractivity contribution in [1.29, 1.82) is 0 Å². The number of imidazole rings is 1. The van der Waals surface area contributed by atoms with E-state index < -0.39 is 0 Å². The molecular weight excluding hydrogens is 210 g/mol. The van der Waals surface area contributed by atoms with Crippen LogP contribution in [-0.2, 0) is 13.0 Å². The summed E-state index contributed by atoms with van der Waals surface area (Å²) in [5.74, 6) is 1.19. The van der Waals surface area contributed by atoms with Gasteiger partial charge in [-0.25, -0.2) is 4.98 Å². The van der Waals surface area contributed by atoms with Crippen molar-refractivity contribution in [3.63, 3.8) is 0 Å². The third-order valence-electron chi connectivity index (χ3n) is 3.46. The highest BCUT2D eigenvalue weighted by Crippen LogP contribution is 2.32. The number of nitrogens with one attached hydrogen (secondary N) is 1. The molecule has 4 heteroatoms. The number of aryl methyl sites for hydroxylation is 1. The van der Waals surface area contributed by atoms with Crippen molar-refractivity contribution in [2.75, 3.05) is 6.54 Å². The first kappa shape index (κ1) is 9.67. The molecule has 3 nitrogen and oxygen atoms in total. The van der Waals surface area contributed by atoms with Crippen LogP contribution in [0.2, 0.25) is 5.15 Å². The van der Waals surface area contributed by atoms with Crippen LogP contribution in [-0.4, -0.2) is 16.1 Å². The lowest BCUT2D eigenvalue weighted by Crippen LogP contribution is -2.20. The van der Waals surface area contributed by atoms with Gasteiger partial charge in [-0.3, -0.25) is 0 Å². The summed E-state index contributed by atoms with van der Waals surface area (Å²) in [6.45, 7) is 2.21. The van der Waals surface area contributed by atoms with Crippen LogP contribution in [0.3, 0.4) is 0 Å². The van der Waals surface area contributed by atoms with Gasteiger partial charge in [0.15, 0.2) is 5.15 Å². The first-order valence-electron chi connectivity index (χ1n) is 5.84. The maximum absolute atomic E-state index is 6.24. The molecule has 3 rings (SSSR count). The summed E-state index contributed by atoms with van der Waals surface area (Å²) < 4.78 is 2.34. The molecule has 0 aliphatic carbocycles. The Hall–Kier alpha value is -0.540. The second-order valence-electron chi connectivity index (χ2n) is 4.46. The Labute approximate surface area is 94.8 Å².